The zero-order valence-corrected chi connectivity index (χ0v) is 19.0. The first-order chi connectivity index (χ1) is 15.6. The van der Waals surface area contributed by atoms with Crippen molar-refractivity contribution in [2.24, 2.45) is 0 Å². The van der Waals surface area contributed by atoms with E-state index < -0.39 is 7.52 Å². The van der Waals surface area contributed by atoms with Crippen LogP contribution in [0.5, 0.6) is 5.75 Å². The Bertz CT molecular complexity index is 1430. The highest BCUT2D eigenvalue weighted by Crippen LogP contribution is 2.62. The Morgan fingerprint density at radius 1 is 0.812 bits per heavy atom. The summed E-state index contributed by atoms with van der Waals surface area (Å²) in [6.07, 6.45) is 0. The van der Waals surface area contributed by atoms with E-state index in [-0.39, 0.29) is 0 Å². The Hall–Kier alpha value is -2.62. The molecule has 0 aliphatic carbocycles. The van der Waals surface area contributed by atoms with E-state index in [0.29, 0.717) is 37.1 Å². The van der Waals surface area contributed by atoms with Gasteiger partial charge in [-0.3, -0.25) is 4.57 Å². The van der Waals surface area contributed by atoms with Crippen LogP contribution < -0.4 is 4.52 Å². The smallest absolute Gasteiger partial charge is 0.343 e. The maximum atomic E-state index is 14.3. The summed E-state index contributed by atoms with van der Waals surface area (Å²) < 4.78 is 28.2. The fourth-order valence-corrected chi connectivity index (χ4v) is 6.97. The number of fused-ring (bicyclic) bond motifs is 6. The Kier molecular flexibility index (Phi) is 4.85. The number of ether oxygens (including phenoxy) is 1. The molecule has 1 unspecified atom stereocenters. The number of morpholine rings is 1. The molecule has 0 saturated carbocycles. The summed E-state index contributed by atoms with van der Waals surface area (Å²) in [6, 6.07) is 24.1. The Labute approximate surface area is 191 Å². The standard InChI is InChI=1S/C26H21ClNO3P/c27-19-10-11-21-23(16-19)20-8-4-5-9-22(20)26-25(21)24(18-6-2-1-3-7-18)17-32(29,31-26)28-12-14-30-15-13-28/h1-11,16-17H,12-15H2. The Morgan fingerprint density at radius 2 is 1.53 bits per heavy atom. The molecule has 32 heavy (non-hydrogen) atoms. The summed E-state index contributed by atoms with van der Waals surface area (Å²) in [5.74, 6) is 2.52. The highest BCUT2D eigenvalue weighted by atomic mass is 35.5. The Balaban J connectivity index is 1.72. The van der Waals surface area contributed by atoms with Gasteiger partial charge in [0.2, 0.25) is 0 Å². The molecule has 6 heteroatoms. The van der Waals surface area contributed by atoms with Crippen molar-refractivity contribution in [3.63, 3.8) is 0 Å². The molecule has 1 fully saturated rings. The van der Waals surface area contributed by atoms with E-state index in [1.165, 1.54) is 0 Å². The summed E-state index contributed by atoms with van der Waals surface area (Å²) in [6.45, 7) is 2.25. The average Bonchev–Trinajstić information content (AvgIpc) is 2.85. The van der Waals surface area contributed by atoms with Gasteiger partial charge in [-0.25, -0.2) is 4.67 Å². The lowest BCUT2D eigenvalue weighted by Crippen LogP contribution is -2.35. The summed E-state index contributed by atoms with van der Waals surface area (Å²) in [5, 5.41) is 4.74. The van der Waals surface area contributed by atoms with Crippen molar-refractivity contribution in [3.05, 3.63) is 94.8 Å². The number of rotatable bonds is 2. The molecule has 2 aliphatic heterocycles. The van der Waals surface area contributed by atoms with Gasteiger partial charge < -0.3 is 9.26 Å². The van der Waals surface area contributed by atoms with Crippen LogP contribution in [0.2, 0.25) is 5.02 Å². The molecule has 4 nitrogen and oxygen atoms in total. The van der Waals surface area contributed by atoms with Crippen molar-refractivity contribution in [2.45, 2.75) is 0 Å². The summed E-state index contributed by atoms with van der Waals surface area (Å²) >= 11 is 6.39. The molecule has 2 aliphatic rings. The van der Waals surface area contributed by atoms with Crippen molar-refractivity contribution in [1.29, 1.82) is 0 Å². The van der Waals surface area contributed by atoms with E-state index in [0.717, 1.165) is 38.2 Å². The quantitative estimate of drug-likeness (QED) is 0.239. The van der Waals surface area contributed by atoms with Gasteiger partial charge in [0.05, 0.1) is 13.2 Å². The van der Waals surface area contributed by atoms with Crippen LogP contribution in [0.1, 0.15) is 11.1 Å². The lowest BCUT2D eigenvalue weighted by atomic mass is 9.89. The van der Waals surface area contributed by atoms with Crippen molar-refractivity contribution in [3.8, 4) is 5.75 Å². The zero-order chi connectivity index (χ0) is 21.7. The topological polar surface area (TPSA) is 38.8 Å². The highest BCUT2D eigenvalue weighted by Gasteiger charge is 2.39. The molecule has 1 atom stereocenters. The van der Waals surface area contributed by atoms with Gasteiger partial charge in [0.15, 0.2) is 0 Å². The third kappa shape index (κ3) is 3.18. The molecule has 4 aromatic carbocycles. The van der Waals surface area contributed by atoms with Crippen LogP contribution in [0.25, 0.3) is 27.1 Å². The molecule has 1 saturated heterocycles. The predicted octanol–water partition coefficient (Wildman–Crippen LogP) is 6.95. The van der Waals surface area contributed by atoms with Crippen molar-refractivity contribution in [1.82, 2.24) is 4.67 Å². The normalized spacial score (nSPS) is 21.2. The third-order valence-electron chi connectivity index (χ3n) is 6.19. The fourth-order valence-electron chi connectivity index (χ4n) is 4.69. The van der Waals surface area contributed by atoms with E-state index >= 15 is 0 Å². The molecular formula is C26H21ClNO3P. The maximum absolute atomic E-state index is 14.3. The first kappa shape index (κ1) is 20.0. The minimum Gasteiger partial charge on any atom is -0.428 e. The van der Waals surface area contributed by atoms with Gasteiger partial charge in [-0.05, 0) is 33.9 Å². The minimum absolute atomic E-state index is 0.547. The van der Waals surface area contributed by atoms with E-state index in [1.54, 1.807) is 0 Å². The van der Waals surface area contributed by atoms with Crippen molar-refractivity contribution in [2.75, 3.05) is 26.3 Å². The number of hydrogen-bond acceptors (Lipinski definition) is 3. The Morgan fingerprint density at radius 3 is 2.31 bits per heavy atom. The maximum Gasteiger partial charge on any atom is 0.343 e. The van der Waals surface area contributed by atoms with Crippen LogP contribution in [0.15, 0.2) is 78.6 Å². The van der Waals surface area contributed by atoms with Crippen LogP contribution in [-0.2, 0) is 9.30 Å². The lowest BCUT2D eigenvalue weighted by Gasteiger charge is -2.36. The van der Waals surface area contributed by atoms with E-state index in [4.69, 9.17) is 20.9 Å². The monoisotopic (exact) mass is 461 g/mol. The van der Waals surface area contributed by atoms with Crippen molar-refractivity contribution < 1.29 is 13.8 Å². The number of nitrogens with zero attached hydrogens (tertiary/aromatic N) is 1. The molecule has 4 aromatic rings. The predicted molar refractivity (Wildman–Crippen MR) is 131 cm³/mol. The van der Waals surface area contributed by atoms with Gasteiger partial charge >= 0.3 is 7.52 Å². The molecule has 0 aromatic heterocycles. The zero-order valence-electron chi connectivity index (χ0n) is 17.3. The van der Waals surface area contributed by atoms with Crippen LogP contribution >= 0.6 is 19.1 Å². The van der Waals surface area contributed by atoms with Crippen molar-refractivity contribution >= 4 is 46.2 Å². The number of hydrogen-bond donors (Lipinski definition) is 0. The van der Waals surface area contributed by atoms with Gasteiger partial charge in [-0.15, -0.1) is 0 Å². The number of benzene rings is 4. The van der Waals surface area contributed by atoms with Gasteiger partial charge in [0.25, 0.3) is 0 Å². The van der Waals surface area contributed by atoms with E-state index in [1.807, 2.05) is 65.1 Å². The van der Waals surface area contributed by atoms with Gasteiger partial charge in [-0.1, -0.05) is 72.3 Å². The molecule has 0 amide bonds. The lowest BCUT2D eigenvalue weighted by molar-refractivity contribution is 0.0691. The SMILES string of the molecule is O=P1(N2CCOCC2)C=C(c2ccccc2)c2c(c3ccccc3c3cc(Cl)ccc23)O1. The molecule has 160 valence electrons. The molecule has 0 N–H and O–H groups in total. The second kappa shape index (κ2) is 7.75. The van der Waals surface area contributed by atoms with Crippen LogP contribution in [-0.4, -0.2) is 31.0 Å². The summed E-state index contributed by atoms with van der Waals surface area (Å²) in [4.78, 5) is 0. The van der Waals surface area contributed by atoms with Gasteiger partial charge in [-0.2, -0.15) is 0 Å². The largest absolute Gasteiger partial charge is 0.428 e. The van der Waals surface area contributed by atoms with Crippen LogP contribution in [0.4, 0.5) is 0 Å². The molecular weight excluding hydrogens is 441 g/mol. The summed E-state index contributed by atoms with van der Waals surface area (Å²) in [5.41, 5.74) is 2.90. The summed E-state index contributed by atoms with van der Waals surface area (Å²) in [7, 11) is -3.27. The average molecular weight is 462 g/mol. The second-order valence-electron chi connectivity index (χ2n) is 8.07. The van der Waals surface area contributed by atoms with Crippen LogP contribution in [0, 0.1) is 0 Å². The molecule has 2 heterocycles. The van der Waals surface area contributed by atoms with E-state index in [9.17, 15) is 4.57 Å². The molecule has 6 rings (SSSR count). The van der Waals surface area contributed by atoms with Gasteiger partial charge in [0, 0.05) is 40.5 Å². The third-order valence-corrected chi connectivity index (χ3v) is 8.64. The first-order valence-corrected chi connectivity index (χ1v) is 12.7. The van der Waals surface area contributed by atoms with Gasteiger partial charge in [0.1, 0.15) is 5.75 Å². The molecule has 0 radical (unpaired) electrons. The molecule has 0 spiro atoms. The molecule has 0 bridgehead atoms. The highest BCUT2D eigenvalue weighted by molar-refractivity contribution is 7.60. The second-order valence-corrected chi connectivity index (χ2v) is 10.6. The van der Waals surface area contributed by atoms with Crippen LogP contribution in [0.3, 0.4) is 0 Å². The minimum atomic E-state index is -3.27. The number of halogens is 1. The van der Waals surface area contributed by atoms with E-state index in [2.05, 4.69) is 18.2 Å². The first-order valence-electron chi connectivity index (χ1n) is 10.7. The fraction of sp³-hybridized carbons (Fsp3) is 0.154.